The molecule has 1 heteroatoms. The number of fused-ring (bicyclic) bond motifs is 5. The Hall–Kier alpha value is -1.03. The van der Waals surface area contributed by atoms with E-state index >= 15 is 0 Å². The van der Waals surface area contributed by atoms with E-state index in [1.165, 1.54) is 70.6 Å². The Balaban J connectivity index is 0.000000840. The molecule has 0 aromatic rings. The molecule has 0 aliphatic heterocycles. The number of nitriles is 1. The van der Waals surface area contributed by atoms with Crippen molar-refractivity contribution in [2.24, 2.45) is 52.8 Å². The summed E-state index contributed by atoms with van der Waals surface area (Å²) < 4.78 is 0. The molecule has 0 bridgehead atoms. The monoisotopic (exact) mass is 493 g/mol. The molecule has 4 saturated carbocycles. The normalized spacial score (nSPS) is 38.4. The van der Waals surface area contributed by atoms with Crippen LogP contribution in [0.5, 0.6) is 0 Å². The molecule has 4 rings (SSSR count). The topological polar surface area (TPSA) is 23.8 Å². The second-order valence-electron chi connectivity index (χ2n) is 13.5. The van der Waals surface area contributed by atoms with Crippen LogP contribution in [0, 0.1) is 64.1 Å². The van der Waals surface area contributed by atoms with E-state index in [-0.39, 0.29) is 0 Å². The molecule has 0 N–H and O–H groups in total. The van der Waals surface area contributed by atoms with Crippen molar-refractivity contribution < 1.29 is 0 Å². The van der Waals surface area contributed by atoms with Gasteiger partial charge in [-0.2, -0.15) is 5.26 Å². The van der Waals surface area contributed by atoms with E-state index < -0.39 is 0 Å². The van der Waals surface area contributed by atoms with Gasteiger partial charge in [0.1, 0.15) is 0 Å². The zero-order valence-electron chi connectivity index (χ0n) is 24.7. The minimum absolute atomic E-state index is 0.575. The molecule has 0 spiro atoms. The van der Waals surface area contributed by atoms with Gasteiger partial charge in [-0.05, 0) is 117 Å². The minimum Gasteiger partial charge on any atom is -0.192 e. The van der Waals surface area contributed by atoms with Crippen LogP contribution in [0.25, 0.3) is 0 Å². The van der Waals surface area contributed by atoms with Crippen LogP contribution in [0.1, 0.15) is 137 Å². The lowest BCUT2D eigenvalue weighted by atomic mass is 9.48. The van der Waals surface area contributed by atoms with Crippen LogP contribution in [0.15, 0.2) is 24.3 Å². The van der Waals surface area contributed by atoms with Gasteiger partial charge < -0.3 is 0 Å². The van der Waals surface area contributed by atoms with Gasteiger partial charge in [0.2, 0.25) is 0 Å². The lowest BCUT2D eigenvalue weighted by Crippen LogP contribution is -2.49. The molecule has 9 atom stereocenters. The average Bonchev–Trinajstić information content (AvgIpc) is 3.27. The molecule has 204 valence electrons. The van der Waals surface area contributed by atoms with Crippen LogP contribution in [0.3, 0.4) is 0 Å². The van der Waals surface area contributed by atoms with Crippen molar-refractivity contribution in [3.8, 4) is 6.07 Å². The summed E-state index contributed by atoms with van der Waals surface area (Å²) in [5.41, 5.74) is 1.32. The van der Waals surface area contributed by atoms with Gasteiger partial charge in [0.15, 0.2) is 0 Å². The Morgan fingerprint density at radius 1 is 0.972 bits per heavy atom. The molecule has 36 heavy (non-hydrogen) atoms. The van der Waals surface area contributed by atoms with Crippen molar-refractivity contribution in [3.05, 3.63) is 24.3 Å². The van der Waals surface area contributed by atoms with Crippen molar-refractivity contribution in [2.45, 2.75) is 137 Å². The summed E-state index contributed by atoms with van der Waals surface area (Å²) in [6.45, 7) is 15.7. The summed E-state index contributed by atoms with van der Waals surface area (Å²) >= 11 is 0. The van der Waals surface area contributed by atoms with Crippen molar-refractivity contribution in [2.75, 3.05) is 0 Å². The van der Waals surface area contributed by atoms with Crippen molar-refractivity contribution in [1.29, 1.82) is 5.26 Å². The van der Waals surface area contributed by atoms with Crippen LogP contribution in [-0.4, -0.2) is 0 Å². The van der Waals surface area contributed by atoms with E-state index in [1.54, 1.807) is 31.8 Å². The van der Waals surface area contributed by atoms with Crippen molar-refractivity contribution in [3.63, 3.8) is 0 Å². The predicted molar refractivity (Wildman–Crippen MR) is 156 cm³/mol. The molecule has 0 saturated heterocycles. The second-order valence-corrected chi connectivity index (χ2v) is 13.5. The molecular weight excluding hydrogens is 434 g/mol. The Morgan fingerprint density at radius 2 is 1.72 bits per heavy atom. The van der Waals surface area contributed by atoms with Crippen molar-refractivity contribution in [1.82, 2.24) is 0 Å². The zero-order valence-corrected chi connectivity index (χ0v) is 24.7. The third kappa shape index (κ3) is 6.69. The van der Waals surface area contributed by atoms with Gasteiger partial charge in [-0.15, -0.1) is 0 Å². The molecule has 4 aliphatic carbocycles. The van der Waals surface area contributed by atoms with Gasteiger partial charge in [-0.25, -0.2) is 0 Å². The number of unbranched alkanes of at least 4 members (excludes halogenated alkanes) is 2. The largest absolute Gasteiger partial charge is 0.192 e. The number of allylic oxidation sites excluding steroid dienone is 3. The highest BCUT2D eigenvalue weighted by Crippen LogP contribution is 2.65. The quantitative estimate of drug-likeness (QED) is 0.231. The molecule has 0 radical (unpaired) electrons. The maximum absolute atomic E-state index is 9.15. The third-order valence-electron chi connectivity index (χ3n) is 11.6. The number of nitrogens with zero attached hydrogens (tertiary/aromatic N) is 1. The molecule has 0 amide bonds. The summed E-state index contributed by atoms with van der Waals surface area (Å²) in [7, 11) is 0. The summed E-state index contributed by atoms with van der Waals surface area (Å²) in [4.78, 5) is 0. The van der Waals surface area contributed by atoms with Crippen LogP contribution in [0.2, 0.25) is 0 Å². The van der Waals surface area contributed by atoms with Gasteiger partial charge in [0.25, 0.3) is 0 Å². The first-order valence-corrected chi connectivity index (χ1v) is 16.2. The highest BCUT2D eigenvalue weighted by Gasteiger charge is 2.57. The summed E-state index contributed by atoms with van der Waals surface area (Å²) in [5.74, 6) is 7.93. The predicted octanol–water partition coefficient (Wildman–Crippen LogP) is 10.9. The highest BCUT2D eigenvalue weighted by atomic mass is 14.6. The average molecular weight is 494 g/mol. The number of hydrogen-bond donors (Lipinski definition) is 0. The first kappa shape index (κ1) is 29.5. The maximum atomic E-state index is 9.15. The standard InChI is InChI=1S/C31H49N.C4H10/c1-5-7-10-24-12-14-26-25(20-24)13-15-28-27(26)18-19-31(4)29(16-17-30(28)31)22(3)9-8-11-23(6-2)21-32;1-3-4-2/h6,11,22,24-30H,2,5,7-10,12-20H2,1,3-4H3;3-4H2,1-2H3/b23-11+;/t22-,24-,25-,26?,27+,28+,29?,30-,31+;/m0./s1. The molecule has 0 aromatic heterocycles. The summed E-state index contributed by atoms with van der Waals surface area (Å²) in [6, 6.07) is 2.26. The first-order chi connectivity index (χ1) is 17.4. The Bertz CT molecular complexity index is 740. The van der Waals surface area contributed by atoms with Gasteiger partial charge >= 0.3 is 0 Å². The van der Waals surface area contributed by atoms with Gasteiger partial charge in [0.05, 0.1) is 6.07 Å². The van der Waals surface area contributed by atoms with E-state index in [0.717, 1.165) is 59.3 Å². The first-order valence-electron chi connectivity index (χ1n) is 16.2. The fraction of sp³-hybridized carbons (Fsp3) is 0.857. The van der Waals surface area contributed by atoms with E-state index in [2.05, 4.69) is 53.3 Å². The molecule has 0 aromatic carbocycles. The van der Waals surface area contributed by atoms with Crippen molar-refractivity contribution >= 4 is 0 Å². The van der Waals surface area contributed by atoms with E-state index in [0.29, 0.717) is 5.41 Å². The molecule has 1 nitrogen and oxygen atoms in total. The molecule has 0 heterocycles. The van der Waals surface area contributed by atoms with Gasteiger partial charge in [-0.1, -0.05) is 91.9 Å². The summed E-state index contributed by atoms with van der Waals surface area (Å²) in [5, 5.41) is 9.15. The summed E-state index contributed by atoms with van der Waals surface area (Å²) in [6.07, 6.45) is 26.7. The second kappa shape index (κ2) is 14.2. The zero-order chi connectivity index (χ0) is 26.1. The Kier molecular flexibility index (Phi) is 11.7. The van der Waals surface area contributed by atoms with E-state index in [1.807, 2.05) is 0 Å². The Morgan fingerprint density at radius 3 is 2.39 bits per heavy atom. The molecule has 4 fully saturated rings. The highest BCUT2D eigenvalue weighted by molar-refractivity contribution is 5.30. The third-order valence-corrected chi connectivity index (χ3v) is 11.6. The van der Waals surface area contributed by atoms with Crippen LogP contribution in [0.4, 0.5) is 0 Å². The lowest BCUT2D eigenvalue weighted by Gasteiger charge is -2.57. The van der Waals surface area contributed by atoms with E-state index in [9.17, 15) is 0 Å². The minimum atomic E-state index is 0.575. The SMILES string of the molecule is C=C/C(C#N)=C\CC[C@H](C)C1CC[C@H]2[C@@H]3CC[C@H]4C[C@@H](CCCC)CCC4[C@H]3CC[C@]12C.CCCC. The molecular formula is C35H59N. The van der Waals surface area contributed by atoms with Crippen LogP contribution in [-0.2, 0) is 0 Å². The van der Waals surface area contributed by atoms with Gasteiger partial charge in [0, 0.05) is 5.57 Å². The van der Waals surface area contributed by atoms with Crippen LogP contribution < -0.4 is 0 Å². The van der Waals surface area contributed by atoms with Crippen LogP contribution >= 0.6 is 0 Å². The molecule has 4 aliphatic rings. The maximum Gasteiger partial charge on any atom is 0.0987 e. The van der Waals surface area contributed by atoms with Gasteiger partial charge in [-0.3, -0.25) is 0 Å². The lowest BCUT2D eigenvalue weighted by molar-refractivity contribution is -0.0744. The molecule has 2 unspecified atom stereocenters. The number of rotatable bonds is 9. The Labute approximate surface area is 225 Å². The van der Waals surface area contributed by atoms with E-state index in [4.69, 9.17) is 5.26 Å². The number of hydrogen-bond acceptors (Lipinski definition) is 1. The fourth-order valence-corrected chi connectivity index (χ4v) is 9.56. The fourth-order valence-electron chi connectivity index (χ4n) is 9.56. The smallest absolute Gasteiger partial charge is 0.0987 e.